The summed E-state index contributed by atoms with van der Waals surface area (Å²) < 4.78 is 0. The van der Waals surface area contributed by atoms with Crippen molar-refractivity contribution >= 4 is 26.8 Å². The first-order valence-corrected chi connectivity index (χ1v) is 5.42. The number of fused-ring (bicyclic) bond motifs is 1. The van der Waals surface area contributed by atoms with Gasteiger partial charge in [-0.15, -0.1) is 0 Å². The summed E-state index contributed by atoms with van der Waals surface area (Å²) in [6, 6.07) is 4.13. The van der Waals surface area contributed by atoms with Crippen LogP contribution in [0.2, 0.25) is 0 Å². The van der Waals surface area contributed by atoms with Gasteiger partial charge >= 0.3 is 0 Å². The standard InChI is InChI=1S/C11H9BrN2/c1-8-5-11-10(7-13-14-11)6-9(8)3-2-4-12/h5-7H,4H2,1H3,(H,13,14). The molecule has 0 fully saturated rings. The third-order valence-electron chi connectivity index (χ3n) is 2.08. The van der Waals surface area contributed by atoms with Gasteiger partial charge in [0.25, 0.3) is 0 Å². The minimum Gasteiger partial charge on any atom is -0.278 e. The van der Waals surface area contributed by atoms with Gasteiger partial charge in [-0.25, -0.2) is 0 Å². The van der Waals surface area contributed by atoms with Crippen molar-refractivity contribution in [2.24, 2.45) is 0 Å². The summed E-state index contributed by atoms with van der Waals surface area (Å²) in [5.74, 6) is 6.10. The van der Waals surface area contributed by atoms with Crippen LogP contribution in [0.5, 0.6) is 0 Å². The van der Waals surface area contributed by atoms with E-state index in [1.807, 2.05) is 6.20 Å². The number of hydrogen-bond acceptors (Lipinski definition) is 1. The number of H-pyrrole nitrogens is 1. The average molecular weight is 249 g/mol. The van der Waals surface area contributed by atoms with Crippen LogP contribution in [0.4, 0.5) is 0 Å². The van der Waals surface area contributed by atoms with Gasteiger partial charge in [0, 0.05) is 10.9 Å². The molecule has 0 atom stereocenters. The maximum Gasteiger partial charge on any atom is 0.0653 e. The van der Waals surface area contributed by atoms with Gasteiger partial charge in [-0.05, 0) is 24.6 Å². The summed E-state index contributed by atoms with van der Waals surface area (Å²) in [6.07, 6.45) is 1.81. The van der Waals surface area contributed by atoms with Crippen molar-refractivity contribution in [3.8, 4) is 11.8 Å². The van der Waals surface area contributed by atoms with E-state index in [9.17, 15) is 0 Å². The van der Waals surface area contributed by atoms with E-state index < -0.39 is 0 Å². The van der Waals surface area contributed by atoms with Gasteiger partial charge in [0.15, 0.2) is 0 Å². The molecule has 0 aliphatic rings. The summed E-state index contributed by atoms with van der Waals surface area (Å²) in [5.41, 5.74) is 3.31. The molecule has 0 bridgehead atoms. The molecule has 70 valence electrons. The van der Waals surface area contributed by atoms with Gasteiger partial charge < -0.3 is 0 Å². The summed E-state index contributed by atoms with van der Waals surface area (Å²) in [4.78, 5) is 0. The minimum atomic E-state index is 0.704. The second-order valence-electron chi connectivity index (χ2n) is 3.06. The van der Waals surface area contributed by atoms with Crippen molar-refractivity contribution in [3.63, 3.8) is 0 Å². The van der Waals surface area contributed by atoms with E-state index in [4.69, 9.17) is 0 Å². The third-order valence-corrected chi connectivity index (χ3v) is 2.36. The lowest BCUT2D eigenvalue weighted by Gasteiger charge is -1.97. The van der Waals surface area contributed by atoms with Crippen molar-refractivity contribution in [2.45, 2.75) is 6.92 Å². The number of halogens is 1. The molecule has 1 aromatic heterocycles. The van der Waals surface area contributed by atoms with E-state index in [1.165, 1.54) is 5.56 Å². The molecule has 0 saturated heterocycles. The molecule has 2 aromatic rings. The van der Waals surface area contributed by atoms with Gasteiger partial charge in [0.2, 0.25) is 0 Å². The van der Waals surface area contributed by atoms with E-state index in [-0.39, 0.29) is 0 Å². The molecule has 1 N–H and O–H groups in total. The average Bonchev–Trinajstić information content (AvgIpc) is 2.61. The second-order valence-corrected chi connectivity index (χ2v) is 3.62. The summed E-state index contributed by atoms with van der Waals surface area (Å²) in [5, 5.41) is 8.73. The number of nitrogens with one attached hydrogen (secondary N) is 1. The van der Waals surface area contributed by atoms with E-state index in [1.54, 1.807) is 0 Å². The Kier molecular flexibility index (Phi) is 2.55. The van der Waals surface area contributed by atoms with Crippen LogP contribution in [0, 0.1) is 18.8 Å². The fraction of sp³-hybridized carbons (Fsp3) is 0.182. The molecule has 0 aliphatic heterocycles. The molecule has 0 saturated carbocycles. The monoisotopic (exact) mass is 248 g/mol. The van der Waals surface area contributed by atoms with E-state index in [2.05, 4.69) is 57.0 Å². The molecular formula is C11H9BrN2. The summed E-state index contributed by atoms with van der Waals surface area (Å²) in [7, 11) is 0. The Morgan fingerprint density at radius 2 is 2.36 bits per heavy atom. The van der Waals surface area contributed by atoms with Crippen LogP contribution in [0.3, 0.4) is 0 Å². The second kappa shape index (κ2) is 3.85. The molecule has 0 spiro atoms. The van der Waals surface area contributed by atoms with Crippen molar-refractivity contribution in [1.82, 2.24) is 10.2 Å². The fourth-order valence-electron chi connectivity index (χ4n) is 1.36. The van der Waals surface area contributed by atoms with Crippen molar-refractivity contribution in [2.75, 3.05) is 5.33 Å². The predicted molar refractivity (Wildman–Crippen MR) is 61.5 cm³/mol. The zero-order valence-corrected chi connectivity index (χ0v) is 9.35. The molecule has 14 heavy (non-hydrogen) atoms. The van der Waals surface area contributed by atoms with Crippen LogP contribution in [-0.2, 0) is 0 Å². The van der Waals surface area contributed by atoms with Crippen molar-refractivity contribution in [1.29, 1.82) is 0 Å². The Hall–Kier alpha value is -1.27. The van der Waals surface area contributed by atoms with Crippen molar-refractivity contribution in [3.05, 3.63) is 29.5 Å². The molecule has 0 unspecified atom stereocenters. The Bertz CT molecular complexity index is 517. The van der Waals surface area contributed by atoms with Crippen LogP contribution < -0.4 is 0 Å². The first-order valence-electron chi connectivity index (χ1n) is 4.30. The first kappa shape index (κ1) is 9.29. The Balaban J connectivity index is 2.59. The number of aryl methyl sites for hydroxylation is 1. The van der Waals surface area contributed by atoms with Crippen LogP contribution in [0.25, 0.3) is 10.9 Å². The SMILES string of the molecule is Cc1cc2[nH]ncc2cc1C#CCBr. The predicted octanol–water partition coefficient (Wildman–Crippen LogP) is 2.62. The number of nitrogens with zero attached hydrogens (tertiary/aromatic N) is 1. The lowest BCUT2D eigenvalue weighted by Crippen LogP contribution is -1.82. The van der Waals surface area contributed by atoms with Gasteiger partial charge in [-0.3, -0.25) is 5.10 Å². The zero-order valence-electron chi connectivity index (χ0n) is 7.76. The van der Waals surface area contributed by atoms with Gasteiger partial charge in [-0.2, -0.15) is 5.10 Å². The van der Waals surface area contributed by atoms with Crippen LogP contribution in [-0.4, -0.2) is 15.5 Å². The molecule has 0 amide bonds. The highest BCUT2D eigenvalue weighted by Crippen LogP contribution is 2.16. The van der Waals surface area contributed by atoms with Crippen LogP contribution in [0.15, 0.2) is 18.3 Å². The lowest BCUT2D eigenvalue weighted by molar-refractivity contribution is 1.12. The molecule has 0 radical (unpaired) electrons. The maximum atomic E-state index is 3.98. The third kappa shape index (κ3) is 1.66. The smallest absolute Gasteiger partial charge is 0.0653 e. The van der Waals surface area contributed by atoms with Crippen molar-refractivity contribution < 1.29 is 0 Å². The molecule has 1 aromatic carbocycles. The number of aromatic nitrogens is 2. The molecule has 1 heterocycles. The summed E-state index contributed by atoms with van der Waals surface area (Å²) >= 11 is 3.28. The largest absolute Gasteiger partial charge is 0.278 e. The molecule has 0 aliphatic carbocycles. The van der Waals surface area contributed by atoms with E-state index in [0.717, 1.165) is 16.5 Å². The number of rotatable bonds is 0. The van der Waals surface area contributed by atoms with Crippen LogP contribution in [0.1, 0.15) is 11.1 Å². The highest BCUT2D eigenvalue weighted by atomic mass is 79.9. The zero-order chi connectivity index (χ0) is 9.97. The molecule has 2 rings (SSSR count). The molecule has 3 heteroatoms. The summed E-state index contributed by atoms with van der Waals surface area (Å²) in [6.45, 7) is 2.05. The topological polar surface area (TPSA) is 28.7 Å². The molecular weight excluding hydrogens is 240 g/mol. The quantitative estimate of drug-likeness (QED) is 0.564. The molecule has 2 nitrogen and oxygen atoms in total. The number of aromatic amines is 1. The number of hydrogen-bond donors (Lipinski definition) is 1. The van der Waals surface area contributed by atoms with E-state index in [0.29, 0.717) is 5.33 Å². The van der Waals surface area contributed by atoms with E-state index >= 15 is 0 Å². The highest BCUT2D eigenvalue weighted by molar-refractivity contribution is 9.09. The Morgan fingerprint density at radius 1 is 1.50 bits per heavy atom. The Labute approximate surface area is 90.8 Å². The van der Waals surface area contributed by atoms with Gasteiger partial charge in [-0.1, -0.05) is 27.8 Å². The maximum absolute atomic E-state index is 3.98. The normalized spacial score (nSPS) is 9.86. The Morgan fingerprint density at radius 3 is 3.14 bits per heavy atom. The van der Waals surface area contributed by atoms with Crippen LogP contribution >= 0.6 is 15.9 Å². The highest BCUT2D eigenvalue weighted by Gasteiger charge is 1.99. The number of alkyl halides is 1. The lowest BCUT2D eigenvalue weighted by atomic mass is 10.1. The fourth-order valence-corrected chi connectivity index (χ4v) is 1.50. The van der Waals surface area contributed by atoms with Gasteiger partial charge in [0.05, 0.1) is 17.0 Å². The first-order chi connectivity index (χ1) is 6.81. The van der Waals surface area contributed by atoms with Gasteiger partial charge in [0.1, 0.15) is 0 Å². The minimum absolute atomic E-state index is 0.704. The number of benzene rings is 1.